The highest BCUT2D eigenvalue weighted by atomic mass is 16.5. The monoisotopic (exact) mass is 263 g/mol. The van der Waals surface area contributed by atoms with Crippen LogP contribution in [0.25, 0.3) is 0 Å². The molecule has 1 aromatic rings. The number of benzene rings is 1. The molecule has 0 aliphatic rings. The number of unbranched alkanes of at least 4 members (excludes halogenated alkanes) is 5. The summed E-state index contributed by atoms with van der Waals surface area (Å²) >= 11 is 0. The van der Waals surface area contributed by atoms with Crippen LogP contribution in [0.1, 0.15) is 57.9 Å². The Morgan fingerprint density at radius 2 is 1.84 bits per heavy atom. The minimum Gasteiger partial charge on any atom is -0.425 e. The quantitative estimate of drug-likeness (QED) is 0.332. The van der Waals surface area contributed by atoms with Gasteiger partial charge < -0.3 is 10.5 Å². The van der Waals surface area contributed by atoms with Gasteiger partial charge in [-0.3, -0.25) is 4.79 Å². The topological polar surface area (TPSA) is 52.3 Å². The molecule has 106 valence electrons. The minimum atomic E-state index is -0.330. The summed E-state index contributed by atoms with van der Waals surface area (Å²) in [6, 6.07) is 5.70. The van der Waals surface area contributed by atoms with Crippen molar-refractivity contribution in [1.82, 2.24) is 0 Å². The Hall–Kier alpha value is -1.51. The Morgan fingerprint density at radius 3 is 2.53 bits per heavy atom. The first kappa shape index (κ1) is 15.5. The molecule has 1 aromatic carbocycles. The number of anilines is 1. The highest BCUT2D eigenvalue weighted by Gasteiger charge is 2.05. The summed E-state index contributed by atoms with van der Waals surface area (Å²) in [5.41, 5.74) is 7.47. The number of nitrogens with two attached hydrogens (primary N) is 1. The van der Waals surface area contributed by atoms with Gasteiger partial charge in [0.15, 0.2) is 5.75 Å². The Labute approximate surface area is 116 Å². The molecule has 0 fully saturated rings. The van der Waals surface area contributed by atoms with Crippen molar-refractivity contribution in [3.63, 3.8) is 0 Å². The summed E-state index contributed by atoms with van der Waals surface area (Å²) in [6.45, 7) is 3.62. The SMILES string of the molecule is CCCCCCCCc1ccc(N)c(OC(C)=O)c1. The number of rotatable bonds is 8. The lowest BCUT2D eigenvalue weighted by molar-refractivity contribution is -0.131. The predicted molar refractivity (Wildman–Crippen MR) is 79.2 cm³/mol. The van der Waals surface area contributed by atoms with Crippen molar-refractivity contribution in [1.29, 1.82) is 0 Å². The number of ether oxygens (including phenoxy) is 1. The van der Waals surface area contributed by atoms with Crippen molar-refractivity contribution < 1.29 is 9.53 Å². The van der Waals surface area contributed by atoms with Crippen molar-refractivity contribution in [2.24, 2.45) is 0 Å². The molecule has 3 nitrogen and oxygen atoms in total. The van der Waals surface area contributed by atoms with E-state index in [1.165, 1.54) is 51.0 Å². The van der Waals surface area contributed by atoms with Gasteiger partial charge in [0, 0.05) is 6.92 Å². The Kier molecular flexibility index (Phi) is 7.01. The van der Waals surface area contributed by atoms with Crippen LogP contribution in [0.3, 0.4) is 0 Å². The first-order valence-corrected chi connectivity index (χ1v) is 7.20. The summed E-state index contributed by atoms with van der Waals surface area (Å²) in [6.07, 6.45) is 8.69. The van der Waals surface area contributed by atoms with Crippen LogP contribution in [-0.2, 0) is 11.2 Å². The number of carbonyl (C=O) groups is 1. The molecule has 0 amide bonds. The van der Waals surface area contributed by atoms with Crippen LogP contribution >= 0.6 is 0 Å². The zero-order valence-electron chi connectivity index (χ0n) is 12.1. The molecule has 0 heterocycles. The molecule has 3 heteroatoms. The van der Waals surface area contributed by atoms with Crippen LogP contribution in [0, 0.1) is 0 Å². The summed E-state index contributed by atoms with van der Waals surface area (Å²) in [4.78, 5) is 11.0. The maximum Gasteiger partial charge on any atom is 0.308 e. The average molecular weight is 263 g/mol. The predicted octanol–water partition coefficient (Wildman–Crippen LogP) is 4.10. The van der Waals surface area contributed by atoms with Crippen molar-refractivity contribution >= 4 is 11.7 Å². The molecule has 19 heavy (non-hydrogen) atoms. The van der Waals surface area contributed by atoms with Crippen LogP contribution < -0.4 is 10.5 Å². The molecule has 0 radical (unpaired) electrons. The first-order valence-electron chi connectivity index (χ1n) is 7.20. The van der Waals surface area contributed by atoms with Crippen molar-refractivity contribution in [2.75, 3.05) is 5.73 Å². The number of esters is 1. The minimum absolute atomic E-state index is 0.330. The molecular formula is C16H25NO2. The van der Waals surface area contributed by atoms with Gasteiger partial charge in [0.2, 0.25) is 0 Å². The summed E-state index contributed by atoms with van der Waals surface area (Å²) in [5.74, 6) is 0.152. The van der Waals surface area contributed by atoms with E-state index in [-0.39, 0.29) is 5.97 Å². The molecule has 0 saturated carbocycles. The maximum atomic E-state index is 11.0. The lowest BCUT2D eigenvalue weighted by Crippen LogP contribution is -2.04. The van der Waals surface area contributed by atoms with Gasteiger partial charge >= 0.3 is 5.97 Å². The average Bonchev–Trinajstić information content (AvgIpc) is 2.37. The zero-order chi connectivity index (χ0) is 14.1. The molecule has 0 aliphatic carbocycles. The van der Waals surface area contributed by atoms with E-state index in [9.17, 15) is 4.79 Å². The standard InChI is InChI=1S/C16H25NO2/c1-3-4-5-6-7-8-9-14-10-11-15(17)16(12-14)19-13(2)18/h10-12H,3-9,17H2,1-2H3. The Morgan fingerprint density at radius 1 is 1.16 bits per heavy atom. The van der Waals surface area contributed by atoms with Crippen LogP contribution in [0.4, 0.5) is 5.69 Å². The van der Waals surface area contributed by atoms with Gasteiger partial charge in [-0.15, -0.1) is 0 Å². The molecule has 0 atom stereocenters. The fourth-order valence-corrected chi connectivity index (χ4v) is 2.09. The first-order chi connectivity index (χ1) is 9.13. The fourth-order valence-electron chi connectivity index (χ4n) is 2.09. The third-order valence-electron chi connectivity index (χ3n) is 3.15. The van der Waals surface area contributed by atoms with Gasteiger partial charge in [0.05, 0.1) is 5.69 Å². The van der Waals surface area contributed by atoms with Crippen molar-refractivity contribution in [2.45, 2.75) is 58.8 Å². The number of nitrogen functional groups attached to an aromatic ring is 1. The molecule has 0 saturated heterocycles. The van der Waals surface area contributed by atoms with Gasteiger partial charge in [0.25, 0.3) is 0 Å². The second-order valence-electron chi connectivity index (χ2n) is 4.98. The maximum absolute atomic E-state index is 11.0. The van der Waals surface area contributed by atoms with Crippen molar-refractivity contribution in [3.05, 3.63) is 23.8 Å². The van der Waals surface area contributed by atoms with Crippen LogP contribution in [-0.4, -0.2) is 5.97 Å². The summed E-state index contributed by atoms with van der Waals surface area (Å²) in [5, 5.41) is 0. The summed E-state index contributed by atoms with van der Waals surface area (Å²) in [7, 11) is 0. The highest BCUT2D eigenvalue weighted by molar-refractivity contribution is 5.72. The number of hydrogen-bond donors (Lipinski definition) is 1. The number of carbonyl (C=O) groups excluding carboxylic acids is 1. The van der Waals surface area contributed by atoms with Gasteiger partial charge in [-0.2, -0.15) is 0 Å². The van der Waals surface area contributed by atoms with E-state index < -0.39 is 0 Å². The van der Waals surface area contributed by atoms with Gasteiger partial charge in [-0.05, 0) is 30.5 Å². The van der Waals surface area contributed by atoms with Crippen molar-refractivity contribution in [3.8, 4) is 5.75 Å². The third kappa shape index (κ3) is 6.27. The van der Waals surface area contributed by atoms with E-state index in [0.29, 0.717) is 11.4 Å². The number of aryl methyl sites for hydroxylation is 1. The van der Waals surface area contributed by atoms with E-state index >= 15 is 0 Å². The van der Waals surface area contributed by atoms with Crippen LogP contribution in [0.5, 0.6) is 5.75 Å². The molecule has 0 bridgehead atoms. The summed E-state index contributed by atoms with van der Waals surface area (Å²) < 4.78 is 5.08. The molecule has 0 aliphatic heterocycles. The van der Waals surface area contributed by atoms with E-state index in [2.05, 4.69) is 6.92 Å². The van der Waals surface area contributed by atoms with Gasteiger partial charge in [-0.1, -0.05) is 45.1 Å². The molecule has 0 aromatic heterocycles. The van der Waals surface area contributed by atoms with E-state index in [1.807, 2.05) is 18.2 Å². The largest absolute Gasteiger partial charge is 0.425 e. The third-order valence-corrected chi connectivity index (χ3v) is 3.15. The molecule has 1 rings (SSSR count). The molecule has 0 spiro atoms. The van der Waals surface area contributed by atoms with Crippen LogP contribution in [0.15, 0.2) is 18.2 Å². The number of hydrogen-bond acceptors (Lipinski definition) is 3. The zero-order valence-corrected chi connectivity index (χ0v) is 12.1. The highest BCUT2D eigenvalue weighted by Crippen LogP contribution is 2.24. The molecule has 2 N–H and O–H groups in total. The van der Waals surface area contributed by atoms with Crippen LogP contribution in [0.2, 0.25) is 0 Å². The van der Waals surface area contributed by atoms with E-state index in [0.717, 1.165) is 6.42 Å². The fraction of sp³-hybridized carbons (Fsp3) is 0.562. The van der Waals surface area contributed by atoms with Gasteiger partial charge in [0.1, 0.15) is 0 Å². The lowest BCUT2D eigenvalue weighted by atomic mass is 10.0. The molecule has 0 unspecified atom stereocenters. The molecular weight excluding hydrogens is 238 g/mol. The normalized spacial score (nSPS) is 10.4. The second-order valence-corrected chi connectivity index (χ2v) is 4.98. The Balaban J connectivity index is 2.39. The van der Waals surface area contributed by atoms with Gasteiger partial charge in [-0.25, -0.2) is 0 Å². The van der Waals surface area contributed by atoms with E-state index in [1.54, 1.807) is 0 Å². The van der Waals surface area contributed by atoms with E-state index in [4.69, 9.17) is 10.5 Å². The smallest absolute Gasteiger partial charge is 0.308 e. The second kappa shape index (κ2) is 8.57. The lowest BCUT2D eigenvalue weighted by Gasteiger charge is -2.08. The Bertz CT molecular complexity index is 402.